The summed E-state index contributed by atoms with van der Waals surface area (Å²) in [5.41, 5.74) is 2.99. The number of hydrogen-bond acceptors (Lipinski definition) is 3. The molecule has 1 unspecified atom stereocenters. The summed E-state index contributed by atoms with van der Waals surface area (Å²) in [7, 11) is 0. The number of H-pyrrole nitrogens is 1. The van der Waals surface area contributed by atoms with Crippen LogP contribution in [-0.4, -0.2) is 40.3 Å². The van der Waals surface area contributed by atoms with Crippen molar-refractivity contribution in [2.24, 2.45) is 5.92 Å². The first-order valence-corrected chi connectivity index (χ1v) is 9.48. The van der Waals surface area contributed by atoms with E-state index < -0.39 is 5.82 Å². The van der Waals surface area contributed by atoms with Crippen LogP contribution in [0.25, 0.3) is 16.6 Å². The number of aromatic amines is 1. The Morgan fingerprint density at radius 2 is 2.21 bits per heavy atom. The van der Waals surface area contributed by atoms with E-state index in [-0.39, 0.29) is 22.4 Å². The van der Waals surface area contributed by atoms with Crippen molar-refractivity contribution in [3.63, 3.8) is 0 Å². The zero-order chi connectivity index (χ0) is 20.5. The fourth-order valence-electron chi connectivity index (χ4n) is 3.70. The van der Waals surface area contributed by atoms with Gasteiger partial charge in [-0.1, -0.05) is 24.6 Å². The van der Waals surface area contributed by atoms with Crippen molar-refractivity contribution in [3.05, 3.63) is 64.6 Å². The van der Waals surface area contributed by atoms with E-state index in [4.69, 9.17) is 11.6 Å². The summed E-state index contributed by atoms with van der Waals surface area (Å²) in [6.45, 7) is 2.92. The maximum absolute atomic E-state index is 13.3. The van der Waals surface area contributed by atoms with Crippen LogP contribution >= 0.6 is 11.6 Å². The van der Waals surface area contributed by atoms with Gasteiger partial charge in [0.1, 0.15) is 17.3 Å². The highest BCUT2D eigenvalue weighted by molar-refractivity contribution is 6.33. The number of nitrogens with one attached hydrogen (secondary N) is 2. The predicted molar refractivity (Wildman–Crippen MR) is 110 cm³/mol. The molecule has 0 spiro atoms. The summed E-state index contributed by atoms with van der Waals surface area (Å²) in [5, 5.41) is 3.64. The van der Waals surface area contributed by atoms with Crippen molar-refractivity contribution in [2.75, 3.05) is 18.4 Å². The first-order valence-electron chi connectivity index (χ1n) is 9.11. The van der Waals surface area contributed by atoms with Crippen LogP contribution in [0, 0.1) is 11.7 Å². The molecule has 2 aromatic heterocycles. The van der Waals surface area contributed by atoms with Gasteiger partial charge in [0, 0.05) is 24.7 Å². The molecule has 29 heavy (non-hydrogen) atoms. The van der Waals surface area contributed by atoms with Crippen LogP contribution in [0.3, 0.4) is 0 Å². The third-order valence-corrected chi connectivity index (χ3v) is 5.36. The third-order valence-electron chi connectivity index (χ3n) is 5.05. The van der Waals surface area contributed by atoms with Gasteiger partial charge >= 0.3 is 0 Å². The molecule has 3 aromatic rings. The Hall–Kier alpha value is -3.19. The highest BCUT2D eigenvalue weighted by atomic mass is 35.5. The van der Waals surface area contributed by atoms with Crippen LogP contribution < -0.4 is 5.32 Å². The quantitative estimate of drug-likeness (QED) is 0.633. The molecule has 0 saturated heterocycles. The highest BCUT2D eigenvalue weighted by Gasteiger charge is 2.27. The second-order valence-electron chi connectivity index (χ2n) is 6.95. The molecule has 1 aliphatic rings. The number of fused-ring (bicyclic) bond motifs is 1. The lowest BCUT2D eigenvalue weighted by atomic mass is 9.89. The molecular weight excluding hydrogens is 395 g/mol. The zero-order valence-electron chi connectivity index (χ0n) is 15.6. The van der Waals surface area contributed by atoms with E-state index in [1.807, 2.05) is 25.1 Å². The predicted octanol–water partition coefficient (Wildman–Crippen LogP) is 4.10. The largest absolute Gasteiger partial charge is 0.346 e. The van der Waals surface area contributed by atoms with Crippen LogP contribution in [0.15, 0.2) is 42.6 Å². The minimum atomic E-state index is -0.478. The van der Waals surface area contributed by atoms with E-state index >= 15 is 0 Å². The lowest BCUT2D eigenvalue weighted by Crippen LogP contribution is -2.38. The average molecular weight is 413 g/mol. The average Bonchev–Trinajstić information content (AvgIpc) is 3.16. The van der Waals surface area contributed by atoms with Crippen molar-refractivity contribution in [3.8, 4) is 0 Å². The van der Waals surface area contributed by atoms with Gasteiger partial charge in [-0.3, -0.25) is 9.59 Å². The summed E-state index contributed by atoms with van der Waals surface area (Å²) in [6.07, 6.45) is 4.38. The topological polar surface area (TPSA) is 78.1 Å². The van der Waals surface area contributed by atoms with Gasteiger partial charge in [-0.25, -0.2) is 9.37 Å². The van der Waals surface area contributed by atoms with E-state index in [9.17, 15) is 14.0 Å². The van der Waals surface area contributed by atoms with Gasteiger partial charge in [0.25, 0.3) is 5.91 Å². The van der Waals surface area contributed by atoms with Crippen molar-refractivity contribution >= 4 is 46.3 Å². The number of halogens is 2. The monoisotopic (exact) mass is 412 g/mol. The molecule has 6 nitrogen and oxygen atoms in total. The molecule has 1 aliphatic heterocycles. The number of carbonyl (C=O) groups excluding carboxylic acids is 2. The summed E-state index contributed by atoms with van der Waals surface area (Å²) in [5.74, 6) is -0.221. The number of nitrogens with zero attached hydrogens (tertiary/aromatic N) is 2. The van der Waals surface area contributed by atoms with Crippen LogP contribution in [0.2, 0.25) is 5.02 Å². The normalized spacial score (nSPS) is 16.6. The molecule has 3 heterocycles. The molecule has 0 aliphatic carbocycles. The maximum Gasteiger partial charge on any atom is 0.255 e. The SMILES string of the molecule is CC1CN(C(=O)c2ccc(F)cc2Cl)CC=C1c1cc(NC=O)nc2[nH]ccc12. The molecule has 2 N–H and O–H groups in total. The second-order valence-corrected chi connectivity index (χ2v) is 7.36. The van der Waals surface area contributed by atoms with E-state index in [1.165, 1.54) is 12.1 Å². The number of hydrogen-bond donors (Lipinski definition) is 2. The smallest absolute Gasteiger partial charge is 0.255 e. The number of pyridine rings is 1. The lowest BCUT2D eigenvalue weighted by molar-refractivity contribution is -0.105. The van der Waals surface area contributed by atoms with Gasteiger partial charge in [-0.15, -0.1) is 0 Å². The minimum absolute atomic E-state index is 0.0384. The highest BCUT2D eigenvalue weighted by Crippen LogP contribution is 2.34. The van der Waals surface area contributed by atoms with Crippen LogP contribution in [0.5, 0.6) is 0 Å². The molecule has 8 heteroatoms. The van der Waals surface area contributed by atoms with Gasteiger partial charge in [0.2, 0.25) is 6.41 Å². The number of anilines is 1. The molecule has 0 radical (unpaired) electrons. The van der Waals surface area contributed by atoms with Crippen LogP contribution in [0.1, 0.15) is 22.8 Å². The van der Waals surface area contributed by atoms with Gasteiger partial charge in [0.05, 0.1) is 10.6 Å². The standard InChI is InChI=1S/C21H18ClFN4O2/c1-12-10-27(21(29)16-3-2-13(23)8-18(16)22)7-5-14(12)17-9-19(25-11-28)26-20-15(17)4-6-24-20/h2-6,8-9,11-12H,7,10H2,1H3,(H2,24,25,26,28). The van der Waals surface area contributed by atoms with Crippen LogP contribution in [-0.2, 0) is 4.79 Å². The van der Waals surface area contributed by atoms with Gasteiger partial charge in [-0.05, 0) is 47.4 Å². The third kappa shape index (κ3) is 3.61. The molecule has 0 bridgehead atoms. The fraction of sp³-hybridized carbons (Fsp3) is 0.190. The number of benzene rings is 1. The first-order chi connectivity index (χ1) is 14.0. The van der Waals surface area contributed by atoms with Gasteiger partial charge in [-0.2, -0.15) is 0 Å². The van der Waals surface area contributed by atoms with Crippen molar-refractivity contribution in [1.29, 1.82) is 0 Å². The Kier molecular flexibility index (Phi) is 5.07. The van der Waals surface area contributed by atoms with Gasteiger partial charge in [0.15, 0.2) is 0 Å². The fourth-order valence-corrected chi connectivity index (χ4v) is 3.95. The molecule has 1 aromatic carbocycles. The Morgan fingerprint density at radius 3 is 2.93 bits per heavy atom. The number of aromatic nitrogens is 2. The van der Waals surface area contributed by atoms with E-state index in [1.54, 1.807) is 11.1 Å². The Balaban J connectivity index is 1.66. The van der Waals surface area contributed by atoms with Crippen molar-refractivity contribution < 1.29 is 14.0 Å². The Morgan fingerprint density at radius 1 is 1.38 bits per heavy atom. The molecule has 1 atom stereocenters. The van der Waals surface area contributed by atoms with E-state index in [0.717, 1.165) is 22.6 Å². The summed E-state index contributed by atoms with van der Waals surface area (Å²) < 4.78 is 13.3. The second kappa shape index (κ2) is 7.67. The molecule has 148 valence electrons. The maximum atomic E-state index is 13.3. The molecule has 0 saturated carbocycles. The van der Waals surface area contributed by atoms with E-state index in [2.05, 4.69) is 15.3 Å². The minimum Gasteiger partial charge on any atom is -0.346 e. The van der Waals surface area contributed by atoms with Gasteiger partial charge < -0.3 is 15.2 Å². The van der Waals surface area contributed by atoms with E-state index in [0.29, 0.717) is 31.0 Å². The van der Waals surface area contributed by atoms with Crippen molar-refractivity contribution in [1.82, 2.24) is 14.9 Å². The summed E-state index contributed by atoms with van der Waals surface area (Å²) >= 11 is 6.06. The van der Waals surface area contributed by atoms with Crippen molar-refractivity contribution in [2.45, 2.75) is 6.92 Å². The van der Waals surface area contributed by atoms with Crippen LogP contribution in [0.4, 0.5) is 10.2 Å². The Bertz CT molecular complexity index is 1140. The Labute approximate surface area is 171 Å². The molecule has 4 rings (SSSR count). The zero-order valence-corrected chi connectivity index (χ0v) is 16.3. The number of amides is 2. The first kappa shape index (κ1) is 19.1. The number of rotatable bonds is 4. The molecule has 2 amide bonds. The molecule has 0 fully saturated rings. The summed E-state index contributed by atoms with van der Waals surface area (Å²) in [6, 6.07) is 7.56. The summed E-state index contributed by atoms with van der Waals surface area (Å²) in [4.78, 5) is 32.8. The number of carbonyl (C=O) groups is 2. The lowest BCUT2D eigenvalue weighted by Gasteiger charge is -2.32. The molecular formula is C21H18ClFN4O2.